The highest BCUT2D eigenvalue weighted by atomic mass is 16.5. The summed E-state index contributed by atoms with van der Waals surface area (Å²) in [5, 5.41) is 3.52. The van der Waals surface area contributed by atoms with Gasteiger partial charge in [-0.3, -0.25) is 4.90 Å². The summed E-state index contributed by atoms with van der Waals surface area (Å²) >= 11 is 0. The van der Waals surface area contributed by atoms with Crippen molar-refractivity contribution in [3.63, 3.8) is 0 Å². The Morgan fingerprint density at radius 3 is 3.00 bits per heavy atom. The van der Waals surface area contributed by atoms with E-state index < -0.39 is 0 Å². The van der Waals surface area contributed by atoms with Crippen molar-refractivity contribution in [2.45, 2.75) is 32.7 Å². The van der Waals surface area contributed by atoms with Crippen LogP contribution in [0.1, 0.15) is 38.3 Å². The number of rotatable bonds is 4. The van der Waals surface area contributed by atoms with Gasteiger partial charge in [0.25, 0.3) is 0 Å². The molecule has 3 unspecified atom stereocenters. The normalized spacial score (nSPS) is 33.5. The van der Waals surface area contributed by atoms with E-state index in [2.05, 4.69) is 42.3 Å². The molecular formula is C18H28N2O. The molecule has 21 heavy (non-hydrogen) atoms. The van der Waals surface area contributed by atoms with Crippen LogP contribution in [0.3, 0.4) is 0 Å². The summed E-state index contributed by atoms with van der Waals surface area (Å²) in [7, 11) is 1.75. The maximum atomic E-state index is 5.40. The van der Waals surface area contributed by atoms with E-state index in [0.717, 1.165) is 18.2 Å². The first-order valence-corrected chi connectivity index (χ1v) is 8.18. The van der Waals surface area contributed by atoms with Gasteiger partial charge in [0.05, 0.1) is 7.11 Å². The number of nitrogens with one attached hydrogen (secondary N) is 1. The highest BCUT2D eigenvalue weighted by Gasteiger charge is 2.37. The van der Waals surface area contributed by atoms with Gasteiger partial charge < -0.3 is 10.1 Å². The molecule has 3 rings (SSSR count). The average molecular weight is 288 g/mol. The molecule has 2 aliphatic heterocycles. The van der Waals surface area contributed by atoms with Gasteiger partial charge in [-0.05, 0) is 48.4 Å². The zero-order valence-electron chi connectivity index (χ0n) is 13.6. The predicted molar refractivity (Wildman–Crippen MR) is 86.7 cm³/mol. The lowest BCUT2D eigenvalue weighted by Gasteiger charge is -2.33. The quantitative estimate of drug-likeness (QED) is 0.921. The van der Waals surface area contributed by atoms with Crippen molar-refractivity contribution in [2.75, 3.05) is 33.3 Å². The second-order valence-corrected chi connectivity index (χ2v) is 7.30. The lowest BCUT2D eigenvalue weighted by molar-refractivity contribution is 0.163. The molecule has 0 bridgehead atoms. The Balaban J connectivity index is 1.78. The van der Waals surface area contributed by atoms with Crippen LogP contribution in [0.4, 0.5) is 0 Å². The van der Waals surface area contributed by atoms with Crippen LogP contribution in [-0.2, 0) is 0 Å². The van der Waals surface area contributed by atoms with Gasteiger partial charge in [0.15, 0.2) is 0 Å². The van der Waals surface area contributed by atoms with E-state index in [1.165, 1.54) is 38.0 Å². The summed E-state index contributed by atoms with van der Waals surface area (Å²) in [5.41, 5.74) is 1.84. The number of likely N-dealkylation sites (tertiary alicyclic amines) is 1. The zero-order valence-corrected chi connectivity index (χ0v) is 13.6. The fourth-order valence-corrected chi connectivity index (χ4v) is 4.00. The first-order chi connectivity index (χ1) is 10.1. The van der Waals surface area contributed by atoms with Gasteiger partial charge >= 0.3 is 0 Å². The molecule has 0 aliphatic carbocycles. The molecule has 0 saturated carbocycles. The van der Waals surface area contributed by atoms with Gasteiger partial charge in [-0.25, -0.2) is 0 Å². The molecule has 1 aromatic rings. The van der Waals surface area contributed by atoms with E-state index in [-0.39, 0.29) is 0 Å². The summed E-state index contributed by atoms with van der Waals surface area (Å²) in [6, 6.07) is 9.17. The van der Waals surface area contributed by atoms with Gasteiger partial charge in [0.2, 0.25) is 0 Å². The maximum absolute atomic E-state index is 5.40. The molecule has 0 radical (unpaired) electrons. The molecule has 0 aromatic heterocycles. The van der Waals surface area contributed by atoms with E-state index >= 15 is 0 Å². The lowest BCUT2D eigenvalue weighted by atomic mass is 9.88. The lowest BCUT2D eigenvalue weighted by Crippen LogP contribution is -2.37. The van der Waals surface area contributed by atoms with Crippen molar-refractivity contribution >= 4 is 0 Å². The van der Waals surface area contributed by atoms with Gasteiger partial charge in [0.1, 0.15) is 5.75 Å². The fraction of sp³-hybridized carbons (Fsp3) is 0.667. The van der Waals surface area contributed by atoms with Crippen LogP contribution in [0.5, 0.6) is 5.75 Å². The van der Waals surface area contributed by atoms with Crippen LogP contribution in [0.15, 0.2) is 24.3 Å². The van der Waals surface area contributed by atoms with Crippen LogP contribution in [0.2, 0.25) is 0 Å². The maximum Gasteiger partial charge on any atom is 0.119 e. The molecule has 116 valence electrons. The minimum atomic E-state index is 0.432. The SMILES string of the molecule is COc1cccc(C2CC(C)CN2CC2(C)CCNC2)c1. The van der Waals surface area contributed by atoms with Crippen molar-refractivity contribution in [3.8, 4) is 5.75 Å². The van der Waals surface area contributed by atoms with Crippen LogP contribution in [0, 0.1) is 11.3 Å². The standard InChI is InChI=1S/C18H28N2O/c1-14-9-17(15-5-4-6-16(10-15)21-3)20(11-14)13-18(2)7-8-19-12-18/h4-6,10,14,17,19H,7-9,11-13H2,1-3H3. The Kier molecular flexibility index (Phi) is 4.23. The van der Waals surface area contributed by atoms with E-state index in [4.69, 9.17) is 4.74 Å². The average Bonchev–Trinajstić information content (AvgIpc) is 3.05. The highest BCUT2D eigenvalue weighted by molar-refractivity contribution is 5.31. The molecular weight excluding hydrogens is 260 g/mol. The van der Waals surface area contributed by atoms with Gasteiger partial charge in [0, 0.05) is 25.7 Å². The third-order valence-corrected chi connectivity index (χ3v) is 5.13. The molecule has 3 nitrogen and oxygen atoms in total. The minimum absolute atomic E-state index is 0.432. The summed E-state index contributed by atoms with van der Waals surface area (Å²) in [6.45, 7) is 9.55. The topological polar surface area (TPSA) is 24.5 Å². The Morgan fingerprint density at radius 2 is 2.29 bits per heavy atom. The largest absolute Gasteiger partial charge is 0.497 e. The Morgan fingerprint density at radius 1 is 1.43 bits per heavy atom. The van der Waals surface area contributed by atoms with E-state index in [1.54, 1.807) is 7.11 Å². The summed E-state index contributed by atoms with van der Waals surface area (Å²) in [4.78, 5) is 2.70. The Labute approximate surface area is 128 Å². The van der Waals surface area contributed by atoms with Crippen LogP contribution >= 0.6 is 0 Å². The molecule has 1 aromatic carbocycles. The molecule has 2 aliphatic rings. The third-order valence-electron chi connectivity index (χ3n) is 5.13. The Bertz CT molecular complexity index is 482. The Hall–Kier alpha value is -1.06. The van der Waals surface area contributed by atoms with Crippen molar-refractivity contribution in [1.29, 1.82) is 0 Å². The number of ether oxygens (including phenoxy) is 1. The summed E-state index contributed by atoms with van der Waals surface area (Å²) in [5.74, 6) is 1.75. The van der Waals surface area contributed by atoms with Gasteiger partial charge in [-0.1, -0.05) is 26.0 Å². The first kappa shape index (κ1) is 14.9. The van der Waals surface area contributed by atoms with Crippen LogP contribution < -0.4 is 10.1 Å². The second kappa shape index (κ2) is 5.98. The summed E-state index contributed by atoms with van der Waals surface area (Å²) < 4.78 is 5.40. The molecule has 2 saturated heterocycles. The number of benzene rings is 1. The third kappa shape index (κ3) is 3.24. The number of nitrogens with zero attached hydrogens (tertiary/aromatic N) is 1. The van der Waals surface area contributed by atoms with Crippen molar-refractivity contribution in [1.82, 2.24) is 10.2 Å². The van der Waals surface area contributed by atoms with Crippen molar-refractivity contribution < 1.29 is 4.74 Å². The number of hydrogen-bond donors (Lipinski definition) is 1. The molecule has 3 heteroatoms. The van der Waals surface area contributed by atoms with Crippen molar-refractivity contribution in [3.05, 3.63) is 29.8 Å². The van der Waals surface area contributed by atoms with Crippen LogP contribution in [0.25, 0.3) is 0 Å². The monoisotopic (exact) mass is 288 g/mol. The number of methoxy groups -OCH3 is 1. The van der Waals surface area contributed by atoms with E-state index in [9.17, 15) is 0 Å². The molecule has 2 heterocycles. The minimum Gasteiger partial charge on any atom is -0.497 e. The second-order valence-electron chi connectivity index (χ2n) is 7.30. The smallest absolute Gasteiger partial charge is 0.119 e. The molecule has 2 fully saturated rings. The molecule has 1 N–H and O–H groups in total. The van der Waals surface area contributed by atoms with Gasteiger partial charge in [-0.15, -0.1) is 0 Å². The van der Waals surface area contributed by atoms with Gasteiger partial charge in [-0.2, -0.15) is 0 Å². The van der Waals surface area contributed by atoms with Crippen LogP contribution in [-0.4, -0.2) is 38.2 Å². The van der Waals surface area contributed by atoms with E-state index in [1.807, 2.05) is 6.07 Å². The zero-order chi connectivity index (χ0) is 14.9. The fourth-order valence-electron chi connectivity index (χ4n) is 4.00. The van der Waals surface area contributed by atoms with Crippen molar-refractivity contribution in [2.24, 2.45) is 11.3 Å². The highest BCUT2D eigenvalue weighted by Crippen LogP contribution is 2.39. The predicted octanol–water partition coefficient (Wildman–Crippen LogP) is 3.08. The first-order valence-electron chi connectivity index (χ1n) is 8.18. The molecule has 0 spiro atoms. The molecule has 3 atom stereocenters. The summed E-state index contributed by atoms with van der Waals surface area (Å²) in [6.07, 6.45) is 2.55. The van der Waals surface area contributed by atoms with E-state index in [0.29, 0.717) is 11.5 Å². The number of hydrogen-bond acceptors (Lipinski definition) is 3. The molecule has 0 amide bonds.